The number of benzene rings is 3. The standard InChI is InChI=1S/C37H34N2O6/c1-45-31-18-22(13-17-30(31)40)12-14-26-25-15-16-27-33(37(44)38(34(27)41)20-23-8-4-2-5-9-23)28(25)19-29-32(26)36(43)39(35(29)42)21-24-10-6-3-7-11-24/h2-15,17-18,26-29,32-33,40H,16,19-21H2,1H3/t26-,27-,28+,29+,32-,33-/m0/s1. The summed E-state index contributed by atoms with van der Waals surface area (Å²) in [6.07, 6.45) is 6.63. The first-order chi connectivity index (χ1) is 21.9. The first-order valence-corrected chi connectivity index (χ1v) is 15.4. The number of ether oxygens (including phenoxy) is 1. The maximum absolute atomic E-state index is 14.1. The van der Waals surface area contributed by atoms with E-state index in [1.54, 1.807) is 18.2 Å². The molecule has 2 saturated heterocycles. The molecular formula is C37H34N2O6. The van der Waals surface area contributed by atoms with Gasteiger partial charge in [-0.15, -0.1) is 0 Å². The molecule has 0 radical (unpaired) electrons. The molecule has 2 aliphatic carbocycles. The third-order valence-corrected chi connectivity index (χ3v) is 9.95. The lowest BCUT2D eigenvalue weighted by Gasteiger charge is -2.42. The summed E-state index contributed by atoms with van der Waals surface area (Å²) in [5, 5.41) is 10.1. The van der Waals surface area contributed by atoms with E-state index >= 15 is 0 Å². The molecule has 4 aliphatic rings. The second kappa shape index (κ2) is 11.5. The zero-order chi connectivity index (χ0) is 31.2. The molecule has 6 atom stereocenters. The van der Waals surface area contributed by atoms with Gasteiger partial charge in [0.15, 0.2) is 11.5 Å². The predicted octanol–water partition coefficient (Wildman–Crippen LogP) is 4.98. The fourth-order valence-electron chi connectivity index (χ4n) is 7.84. The number of hydrogen-bond donors (Lipinski definition) is 1. The smallest absolute Gasteiger partial charge is 0.234 e. The highest BCUT2D eigenvalue weighted by atomic mass is 16.5. The molecule has 0 unspecified atom stereocenters. The van der Waals surface area contributed by atoms with Gasteiger partial charge in [0.1, 0.15) is 0 Å². The van der Waals surface area contributed by atoms with Crippen LogP contribution in [-0.4, -0.2) is 45.6 Å². The maximum atomic E-state index is 14.1. The van der Waals surface area contributed by atoms with Crippen LogP contribution in [0.3, 0.4) is 0 Å². The number of likely N-dealkylation sites (tertiary alicyclic amines) is 2. The van der Waals surface area contributed by atoms with Crippen LogP contribution in [0.4, 0.5) is 0 Å². The Bertz CT molecular complexity index is 1730. The summed E-state index contributed by atoms with van der Waals surface area (Å²) in [4.78, 5) is 58.4. The molecule has 1 N–H and O–H groups in total. The Morgan fingerprint density at radius 2 is 1.36 bits per heavy atom. The van der Waals surface area contributed by atoms with E-state index in [9.17, 15) is 24.3 Å². The largest absolute Gasteiger partial charge is 0.504 e. The van der Waals surface area contributed by atoms with E-state index in [0.29, 0.717) is 18.6 Å². The molecule has 1 saturated carbocycles. The van der Waals surface area contributed by atoms with Gasteiger partial charge in [0, 0.05) is 5.92 Å². The number of methoxy groups -OCH3 is 1. The second-order valence-electron chi connectivity index (χ2n) is 12.4. The summed E-state index contributed by atoms with van der Waals surface area (Å²) in [5.41, 5.74) is 3.46. The third kappa shape index (κ3) is 4.94. The van der Waals surface area contributed by atoms with Crippen molar-refractivity contribution in [3.63, 3.8) is 0 Å². The average Bonchev–Trinajstić information content (AvgIpc) is 3.44. The summed E-state index contributed by atoms with van der Waals surface area (Å²) in [6.45, 7) is 0.406. The highest BCUT2D eigenvalue weighted by molar-refractivity contribution is 6.07. The van der Waals surface area contributed by atoms with Crippen molar-refractivity contribution in [1.82, 2.24) is 9.80 Å². The number of amides is 4. The van der Waals surface area contributed by atoms with Crippen LogP contribution in [0.2, 0.25) is 0 Å². The number of fused-ring (bicyclic) bond motifs is 4. The lowest BCUT2D eigenvalue weighted by molar-refractivity contribution is -0.142. The number of carbonyl (C=O) groups is 4. The van der Waals surface area contributed by atoms with E-state index in [0.717, 1.165) is 22.3 Å². The molecule has 3 fully saturated rings. The van der Waals surface area contributed by atoms with Crippen LogP contribution in [0, 0.1) is 35.5 Å². The van der Waals surface area contributed by atoms with E-state index in [2.05, 4.69) is 0 Å². The average molecular weight is 603 g/mol. The van der Waals surface area contributed by atoms with E-state index in [1.165, 1.54) is 16.9 Å². The van der Waals surface area contributed by atoms with Crippen LogP contribution < -0.4 is 4.74 Å². The molecule has 3 aromatic carbocycles. The van der Waals surface area contributed by atoms with Gasteiger partial charge < -0.3 is 9.84 Å². The Morgan fingerprint density at radius 3 is 1.98 bits per heavy atom. The Labute approximate surface area is 261 Å². The number of allylic oxidation sites excluding steroid dienone is 3. The SMILES string of the molecule is COc1cc(C=C[C@H]2C3=CC[C@@H]4C(=O)N(Cc5ccccc5)C(=O)[C@@H]4[C@@H]3C[C@H]3C(=O)N(Cc4ccccc4)C(=O)[C@@H]23)ccc1O. The summed E-state index contributed by atoms with van der Waals surface area (Å²) < 4.78 is 5.28. The number of aromatic hydroxyl groups is 1. The number of hydrogen-bond acceptors (Lipinski definition) is 6. The molecule has 45 heavy (non-hydrogen) atoms. The number of phenols is 1. The van der Waals surface area contributed by atoms with Crippen molar-refractivity contribution in [1.29, 1.82) is 0 Å². The lowest BCUT2D eigenvalue weighted by Crippen LogP contribution is -2.43. The molecule has 2 aliphatic heterocycles. The quantitative estimate of drug-likeness (QED) is 0.302. The fourth-order valence-corrected chi connectivity index (χ4v) is 7.84. The van der Waals surface area contributed by atoms with Crippen LogP contribution in [0.25, 0.3) is 6.08 Å². The van der Waals surface area contributed by atoms with Gasteiger partial charge in [0.2, 0.25) is 23.6 Å². The molecule has 4 amide bonds. The zero-order valence-electron chi connectivity index (χ0n) is 24.9. The van der Waals surface area contributed by atoms with Gasteiger partial charge in [-0.25, -0.2) is 0 Å². The summed E-state index contributed by atoms with van der Waals surface area (Å²) >= 11 is 0. The van der Waals surface area contributed by atoms with Crippen molar-refractivity contribution in [2.75, 3.05) is 7.11 Å². The molecule has 8 heteroatoms. The Hall–Kier alpha value is -4.98. The maximum Gasteiger partial charge on any atom is 0.234 e. The number of imide groups is 2. The summed E-state index contributed by atoms with van der Waals surface area (Å²) in [7, 11) is 1.48. The van der Waals surface area contributed by atoms with Gasteiger partial charge in [0.25, 0.3) is 0 Å². The van der Waals surface area contributed by atoms with Gasteiger partial charge in [0.05, 0.1) is 43.9 Å². The molecule has 0 spiro atoms. The molecular weight excluding hydrogens is 568 g/mol. The van der Waals surface area contributed by atoms with E-state index < -0.39 is 29.6 Å². The number of nitrogens with zero attached hydrogens (tertiary/aromatic N) is 2. The third-order valence-electron chi connectivity index (χ3n) is 9.95. The van der Waals surface area contributed by atoms with Crippen LogP contribution in [0.15, 0.2) is 96.6 Å². The predicted molar refractivity (Wildman–Crippen MR) is 166 cm³/mol. The van der Waals surface area contributed by atoms with Gasteiger partial charge >= 0.3 is 0 Å². The minimum absolute atomic E-state index is 0.0195. The van der Waals surface area contributed by atoms with Crippen molar-refractivity contribution in [2.45, 2.75) is 25.9 Å². The Kier molecular flexibility index (Phi) is 7.36. The molecule has 7 rings (SSSR count). The van der Waals surface area contributed by atoms with Gasteiger partial charge in [-0.3, -0.25) is 29.0 Å². The Balaban J connectivity index is 1.25. The van der Waals surface area contributed by atoms with Crippen LogP contribution in [-0.2, 0) is 32.3 Å². The van der Waals surface area contributed by atoms with E-state index in [-0.39, 0.29) is 48.4 Å². The number of rotatable bonds is 7. The van der Waals surface area contributed by atoms with Crippen molar-refractivity contribution in [3.8, 4) is 11.5 Å². The van der Waals surface area contributed by atoms with Crippen molar-refractivity contribution >= 4 is 29.7 Å². The molecule has 228 valence electrons. The van der Waals surface area contributed by atoms with Crippen molar-refractivity contribution < 1.29 is 29.0 Å². The van der Waals surface area contributed by atoms with Crippen LogP contribution in [0.5, 0.6) is 11.5 Å². The van der Waals surface area contributed by atoms with Gasteiger partial charge in [-0.1, -0.05) is 90.5 Å². The molecule has 2 heterocycles. The normalized spacial score (nSPS) is 27.4. The van der Waals surface area contributed by atoms with Gasteiger partial charge in [-0.2, -0.15) is 0 Å². The Morgan fingerprint density at radius 1 is 0.756 bits per heavy atom. The highest BCUT2D eigenvalue weighted by Crippen LogP contribution is 2.55. The molecule has 8 nitrogen and oxygen atoms in total. The highest BCUT2D eigenvalue weighted by Gasteiger charge is 2.61. The minimum Gasteiger partial charge on any atom is -0.504 e. The lowest BCUT2D eigenvalue weighted by atomic mass is 9.58. The molecule has 0 aromatic heterocycles. The first kappa shape index (κ1) is 28.8. The molecule has 3 aromatic rings. The minimum atomic E-state index is -0.608. The van der Waals surface area contributed by atoms with Crippen molar-refractivity contribution in [3.05, 3.63) is 113 Å². The summed E-state index contributed by atoms with van der Waals surface area (Å²) in [5.74, 6) is -3.50. The monoisotopic (exact) mass is 602 g/mol. The number of phenolic OH excluding ortho intramolecular Hbond substituents is 1. The topological polar surface area (TPSA) is 104 Å². The summed E-state index contributed by atoms with van der Waals surface area (Å²) in [6, 6.07) is 23.9. The van der Waals surface area contributed by atoms with E-state index in [1.807, 2.05) is 78.9 Å². The van der Waals surface area contributed by atoms with Crippen LogP contribution in [0.1, 0.15) is 29.5 Å². The fraction of sp³-hybridized carbons (Fsp3) is 0.297. The van der Waals surface area contributed by atoms with E-state index in [4.69, 9.17) is 4.74 Å². The number of carbonyl (C=O) groups excluding carboxylic acids is 4. The van der Waals surface area contributed by atoms with Crippen LogP contribution >= 0.6 is 0 Å². The second-order valence-corrected chi connectivity index (χ2v) is 12.4. The zero-order valence-corrected chi connectivity index (χ0v) is 24.9. The van der Waals surface area contributed by atoms with Crippen molar-refractivity contribution in [2.24, 2.45) is 35.5 Å². The van der Waals surface area contributed by atoms with Gasteiger partial charge in [-0.05, 0) is 47.6 Å². The molecule has 0 bridgehead atoms. The first-order valence-electron chi connectivity index (χ1n) is 15.4.